The van der Waals surface area contributed by atoms with E-state index in [9.17, 15) is 9.59 Å². The second-order valence-corrected chi connectivity index (χ2v) is 4.68. The average molecular weight is 346 g/mol. The number of hydrogen-bond donors (Lipinski definition) is 2. The Labute approximate surface area is 125 Å². The maximum absolute atomic E-state index is 11.9. The third kappa shape index (κ3) is 4.41. The van der Waals surface area contributed by atoms with Gasteiger partial charge < -0.3 is 19.9 Å². The minimum Gasteiger partial charge on any atom is -0.493 e. The van der Waals surface area contributed by atoms with Crippen LogP contribution >= 0.6 is 15.9 Å². The lowest BCUT2D eigenvalue weighted by Gasteiger charge is -2.13. The van der Waals surface area contributed by atoms with Crippen molar-refractivity contribution >= 4 is 27.8 Å². The molecule has 0 atom stereocenters. The third-order valence-corrected chi connectivity index (χ3v) is 2.99. The number of aliphatic carboxylic acids is 1. The molecule has 0 aliphatic heterocycles. The molecule has 0 spiro atoms. The van der Waals surface area contributed by atoms with Gasteiger partial charge in [-0.25, -0.2) is 0 Å². The van der Waals surface area contributed by atoms with Crippen molar-refractivity contribution in [3.05, 3.63) is 22.2 Å². The summed E-state index contributed by atoms with van der Waals surface area (Å²) in [4.78, 5) is 22.3. The van der Waals surface area contributed by atoms with E-state index in [0.29, 0.717) is 28.1 Å². The number of halogens is 1. The average Bonchev–Trinajstić information content (AvgIpc) is 2.40. The summed E-state index contributed by atoms with van der Waals surface area (Å²) in [6, 6.07) is 3.15. The second-order valence-electron chi connectivity index (χ2n) is 3.82. The van der Waals surface area contributed by atoms with Crippen molar-refractivity contribution in [1.29, 1.82) is 0 Å². The summed E-state index contributed by atoms with van der Waals surface area (Å²) in [6.07, 6.45) is -0.124. The lowest BCUT2D eigenvalue weighted by Crippen LogP contribution is -2.26. The van der Waals surface area contributed by atoms with Crippen LogP contribution in [0, 0.1) is 0 Å². The molecule has 0 heterocycles. The zero-order chi connectivity index (χ0) is 15.1. The number of ether oxygens (including phenoxy) is 2. The van der Waals surface area contributed by atoms with Crippen LogP contribution in [0.3, 0.4) is 0 Å². The van der Waals surface area contributed by atoms with Crippen LogP contribution in [0.1, 0.15) is 23.7 Å². The zero-order valence-corrected chi connectivity index (χ0v) is 12.8. The molecule has 1 rings (SSSR count). The topological polar surface area (TPSA) is 84.9 Å². The summed E-state index contributed by atoms with van der Waals surface area (Å²) in [7, 11) is 1.48. The van der Waals surface area contributed by atoms with Gasteiger partial charge in [0.2, 0.25) is 0 Å². The van der Waals surface area contributed by atoms with Crippen molar-refractivity contribution in [2.24, 2.45) is 0 Å². The van der Waals surface area contributed by atoms with E-state index in [1.54, 1.807) is 12.1 Å². The molecular formula is C13H16BrNO5. The van der Waals surface area contributed by atoms with Crippen molar-refractivity contribution in [3.8, 4) is 11.5 Å². The summed E-state index contributed by atoms with van der Waals surface area (Å²) < 4.78 is 11.2. The number of hydrogen-bond acceptors (Lipinski definition) is 4. The molecule has 20 heavy (non-hydrogen) atoms. The lowest BCUT2D eigenvalue weighted by atomic mass is 10.2. The first-order chi connectivity index (χ1) is 9.49. The summed E-state index contributed by atoms with van der Waals surface area (Å²) in [5.74, 6) is -0.370. The molecule has 0 unspecified atom stereocenters. The highest BCUT2D eigenvalue weighted by atomic mass is 79.9. The van der Waals surface area contributed by atoms with E-state index in [2.05, 4.69) is 21.2 Å². The Morgan fingerprint density at radius 3 is 2.65 bits per heavy atom. The second kappa shape index (κ2) is 7.74. The van der Waals surface area contributed by atoms with Gasteiger partial charge in [0, 0.05) is 12.1 Å². The van der Waals surface area contributed by atoms with Gasteiger partial charge in [0.1, 0.15) is 0 Å². The molecule has 6 nitrogen and oxygen atoms in total. The highest BCUT2D eigenvalue weighted by Gasteiger charge is 2.15. The van der Waals surface area contributed by atoms with Gasteiger partial charge in [0.25, 0.3) is 5.91 Å². The zero-order valence-electron chi connectivity index (χ0n) is 11.2. The number of nitrogens with one attached hydrogen (secondary N) is 1. The predicted molar refractivity (Wildman–Crippen MR) is 76.4 cm³/mol. The monoisotopic (exact) mass is 345 g/mol. The van der Waals surface area contributed by atoms with Gasteiger partial charge >= 0.3 is 5.97 Å². The van der Waals surface area contributed by atoms with Gasteiger partial charge in [0.15, 0.2) is 11.5 Å². The van der Waals surface area contributed by atoms with E-state index >= 15 is 0 Å². The molecule has 0 aromatic heterocycles. The number of amides is 1. The van der Waals surface area contributed by atoms with Crippen LogP contribution in [0.15, 0.2) is 16.6 Å². The van der Waals surface area contributed by atoms with Crippen LogP contribution in [0.4, 0.5) is 0 Å². The van der Waals surface area contributed by atoms with Crippen LogP contribution < -0.4 is 14.8 Å². The maximum atomic E-state index is 11.9. The minimum atomic E-state index is -0.962. The number of rotatable bonds is 7. The van der Waals surface area contributed by atoms with Crippen molar-refractivity contribution in [2.75, 3.05) is 20.3 Å². The van der Waals surface area contributed by atoms with E-state index in [1.807, 2.05) is 6.92 Å². The Kier molecular flexibility index (Phi) is 6.30. The molecule has 0 saturated carbocycles. The largest absolute Gasteiger partial charge is 0.493 e. The van der Waals surface area contributed by atoms with Crippen LogP contribution in [0.25, 0.3) is 0 Å². The van der Waals surface area contributed by atoms with Crippen LogP contribution in [-0.2, 0) is 4.79 Å². The number of carbonyl (C=O) groups is 2. The predicted octanol–water partition coefficient (Wildman–Crippen LogP) is 2.06. The minimum absolute atomic E-state index is 0.0707. The molecular weight excluding hydrogens is 330 g/mol. The van der Waals surface area contributed by atoms with Crippen LogP contribution in [-0.4, -0.2) is 37.2 Å². The van der Waals surface area contributed by atoms with Gasteiger partial charge in [-0.05, 0) is 35.0 Å². The third-order valence-electron chi connectivity index (χ3n) is 2.40. The van der Waals surface area contributed by atoms with Gasteiger partial charge in [-0.1, -0.05) is 0 Å². The highest BCUT2D eigenvalue weighted by molar-refractivity contribution is 9.10. The van der Waals surface area contributed by atoms with Gasteiger partial charge in [-0.2, -0.15) is 0 Å². The Bertz CT molecular complexity index is 504. The van der Waals surface area contributed by atoms with Crippen molar-refractivity contribution in [2.45, 2.75) is 13.3 Å². The molecule has 1 amide bonds. The number of benzene rings is 1. The molecule has 0 bridgehead atoms. The molecule has 0 radical (unpaired) electrons. The molecule has 0 saturated heterocycles. The van der Waals surface area contributed by atoms with Crippen LogP contribution in [0.2, 0.25) is 0 Å². The molecule has 110 valence electrons. The first-order valence-corrected chi connectivity index (χ1v) is 6.79. The van der Waals surface area contributed by atoms with Crippen molar-refractivity contribution in [3.63, 3.8) is 0 Å². The van der Waals surface area contributed by atoms with Crippen LogP contribution in [0.5, 0.6) is 11.5 Å². The standard InChI is InChI=1S/C13H16BrNO5/c1-3-20-12-9(14)6-8(7-10(12)19-2)13(18)15-5-4-11(16)17/h6-7H,3-5H2,1-2H3,(H,15,18)(H,16,17). The fraction of sp³-hybridized carbons (Fsp3) is 0.385. The van der Waals surface area contributed by atoms with E-state index < -0.39 is 5.97 Å². The molecule has 1 aromatic carbocycles. The van der Waals surface area contributed by atoms with E-state index in [1.165, 1.54) is 7.11 Å². The number of carboxylic acid groups (broad SMARTS) is 1. The molecule has 0 fully saturated rings. The number of carboxylic acids is 1. The molecule has 0 aliphatic carbocycles. The smallest absolute Gasteiger partial charge is 0.305 e. The number of carbonyl (C=O) groups excluding carboxylic acids is 1. The molecule has 7 heteroatoms. The first-order valence-electron chi connectivity index (χ1n) is 5.99. The Hall–Kier alpha value is -1.76. The summed E-state index contributed by atoms with van der Waals surface area (Å²) in [5.41, 5.74) is 0.363. The first kappa shape index (κ1) is 16.3. The normalized spacial score (nSPS) is 9.95. The molecule has 2 N–H and O–H groups in total. The van der Waals surface area contributed by atoms with Gasteiger partial charge in [-0.15, -0.1) is 0 Å². The van der Waals surface area contributed by atoms with E-state index in [0.717, 1.165) is 0 Å². The fourth-order valence-electron chi connectivity index (χ4n) is 1.52. The Morgan fingerprint density at radius 2 is 2.10 bits per heavy atom. The summed E-state index contributed by atoms with van der Waals surface area (Å²) in [5, 5.41) is 11.0. The molecule has 0 aliphatic rings. The fourth-order valence-corrected chi connectivity index (χ4v) is 2.08. The SMILES string of the molecule is CCOc1c(Br)cc(C(=O)NCCC(=O)O)cc1OC. The molecule has 1 aromatic rings. The Balaban J connectivity index is 2.88. The van der Waals surface area contributed by atoms with Crippen molar-refractivity contribution in [1.82, 2.24) is 5.32 Å². The van der Waals surface area contributed by atoms with E-state index in [-0.39, 0.29) is 18.9 Å². The highest BCUT2D eigenvalue weighted by Crippen LogP contribution is 2.36. The Morgan fingerprint density at radius 1 is 1.40 bits per heavy atom. The van der Waals surface area contributed by atoms with E-state index in [4.69, 9.17) is 14.6 Å². The summed E-state index contributed by atoms with van der Waals surface area (Å²) in [6.45, 7) is 2.39. The lowest BCUT2D eigenvalue weighted by molar-refractivity contribution is -0.136. The van der Waals surface area contributed by atoms with Crippen molar-refractivity contribution < 1.29 is 24.2 Å². The summed E-state index contributed by atoms with van der Waals surface area (Å²) >= 11 is 3.32. The quantitative estimate of drug-likeness (QED) is 0.790. The van der Waals surface area contributed by atoms with Gasteiger partial charge in [0.05, 0.1) is 24.6 Å². The maximum Gasteiger partial charge on any atom is 0.305 e. The number of methoxy groups -OCH3 is 1. The van der Waals surface area contributed by atoms with Gasteiger partial charge in [-0.3, -0.25) is 9.59 Å².